The second kappa shape index (κ2) is 5.51. The molecule has 0 radical (unpaired) electrons. The van der Waals surface area contributed by atoms with Crippen molar-refractivity contribution >= 4 is 0 Å². The zero-order valence-electron chi connectivity index (χ0n) is 10.5. The molecule has 1 aromatic heterocycles. The van der Waals surface area contributed by atoms with Gasteiger partial charge in [-0.25, -0.2) is 0 Å². The zero-order valence-corrected chi connectivity index (χ0v) is 10.5. The summed E-state index contributed by atoms with van der Waals surface area (Å²) in [6.07, 6.45) is 1.76. The van der Waals surface area contributed by atoms with Crippen molar-refractivity contribution in [3.05, 3.63) is 42.1 Å². The van der Waals surface area contributed by atoms with Gasteiger partial charge >= 0.3 is 0 Å². The fourth-order valence-corrected chi connectivity index (χ4v) is 1.88. The Morgan fingerprint density at radius 2 is 2.00 bits per heavy atom. The number of hydrogen-bond acceptors (Lipinski definition) is 4. The fourth-order valence-electron chi connectivity index (χ4n) is 1.88. The van der Waals surface area contributed by atoms with Crippen molar-refractivity contribution in [1.29, 1.82) is 0 Å². The summed E-state index contributed by atoms with van der Waals surface area (Å²) in [5, 5.41) is 0. The average Bonchev–Trinajstić information content (AvgIpc) is 2.46. The summed E-state index contributed by atoms with van der Waals surface area (Å²) in [6, 6.07) is 9.65. The molecule has 2 rings (SSSR count). The van der Waals surface area contributed by atoms with Crippen LogP contribution in [0.25, 0.3) is 11.3 Å². The molecule has 18 heavy (non-hydrogen) atoms. The van der Waals surface area contributed by atoms with E-state index in [4.69, 9.17) is 15.2 Å². The highest BCUT2D eigenvalue weighted by atomic mass is 16.5. The van der Waals surface area contributed by atoms with E-state index in [9.17, 15) is 0 Å². The van der Waals surface area contributed by atoms with Crippen molar-refractivity contribution in [3.63, 3.8) is 0 Å². The van der Waals surface area contributed by atoms with Crippen LogP contribution in [-0.2, 0) is 6.54 Å². The first kappa shape index (κ1) is 12.4. The Kier molecular flexibility index (Phi) is 3.79. The van der Waals surface area contributed by atoms with E-state index in [0.29, 0.717) is 18.0 Å². The zero-order chi connectivity index (χ0) is 13.0. The number of nitrogens with two attached hydrogens (primary N) is 1. The standard InChI is InChI=1S/C14H16N2O2/c1-17-13-8-10(12-5-3-4-6-16-12)7-11(9-15)14(13)18-2/h3-8H,9,15H2,1-2H3. The van der Waals surface area contributed by atoms with Gasteiger partial charge in [0.25, 0.3) is 0 Å². The maximum absolute atomic E-state index is 5.74. The largest absolute Gasteiger partial charge is 0.493 e. The van der Waals surface area contributed by atoms with Gasteiger partial charge in [0.1, 0.15) is 0 Å². The molecule has 0 unspecified atom stereocenters. The molecule has 0 atom stereocenters. The number of ether oxygens (including phenoxy) is 2. The number of pyridine rings is 1. The lowest BCUT2D eigenvalue weighted by Crippen LogP contribution is -2.02. The minimum Gasteiger partial charge on any atom is -0.493 e. The number of methoxy groups -OCH3 is 2. The second-order valence-corrected chi connectivity index (χ2v) is 3.79. The molecule has 2 aromatic rings. The van der Waals surface area contributed by atoms with Gasteiger partial charge in [-0.2, -0.15) is 0 Å². The Labute approximate surface area is 106 Å². The van der Waals surface area contributed by atoms with Crippen LogP contribution in [-0.4, -0.2) is 19.2 Å². The van der Waals surface area contributed by atoms with Crippen LogP contribution >= 0.6 is 0 Å². The first-order valence-electron chi connectivity index (χ1n) is 5.66. The lowest BCUT2D eigenvalue weighted by atomic mass is 10.1. The topological polar surface area (TPSA) is 57.4 Å². The number of rotatable bonds is 4. The van der Waals surface area contributed by atoms with Gasteiger partial charge in [0.15, 0.2) is 11.5 Å². The molecule has 0 aliphatic heterocycles. The van der Waals surface area contributed by atoms with Gasteiger partial charge in [0.05, 0.1) is 19.9 Å². The van der Waals surface area contributed by atoms with Crippen molar-refractivity contribution in [2.45, 2.75) is 6.54 Å². The summed E-state index contributed by atoms with van der Waals surface area (Å²) in [5.74, 6) is 1.35. The van der Waals surface area contributed by atoms with Crippen molar-refractivity contribution < 1.29 is 9.47 Å². The third-order valence-electron chi connectivity index (χ3n) is 2.74. The molecule has 94 valence electrons. The summed E-state index contributed by atoms with van der Waals surface area (Å²) < 4.78 is 10.7. The molecule has 2 N–H and O–H groups in total. The maximum atomic E-state index is 5.74. The maximum Gasteiger partial charge on any atom is 0.165 e. The predicted molar refractivity (Wildman–Crippen MR) is 70.7 cm³/mol. The number of aromatic nitrogens is 1. The van der Waals surface area contributed by atoms with Gasteiger partial charge in [-0.1, -0.05) is 6.07 Å². The van der Waals surface area contributed by atoms with Crippen molar-refractivity contribution in [2.75, 3.05) is 14.2 Å². The van der Waals surface area contributed by atoms with Crippen LogP contribution in [0.1, 0.15) is 5.56 Å². The summed E-state index contributed by atoms with van der Waals surface area (Å²) >= 11 is 0. The normalized spacial score (nSPS) is 10.2. The van der Waals surface area contributed by atoms with Gasteiger partial charge in [-0.3, -0.25) is 4.98 Å². The van der Waals surface area contributed by atoms with Crippen LogP contribution in [0.5, 0.6) is 11.5 Å². The molecule has 0 aliphatic carbocycles. The number of benzene rings is 1. The molecule has 4 heteroatoms. The van der Waals surface area contributed by atoms with Gasteiger partial charge in [-0.05, 0) is 24.3 Å². The molecule has 1 aromatic carbocycles. The third kappa shape index (κ3) is 2.28. The number of hydrogen-bond donors (Lipinski definition) is 1. The predicted octanol–water partition coefficient (Wildman–Crippen LogP) is 2.22. The van der Waals surface area contributed by atoms with E-state index in [1.165, 1.54) is 0 Å². The Morgan fingerprint density at radius 3 is 2.56 bits per heavy atom. The van der Waals surface area contributed by atoms with Crippen molar-refractivity contribution in [3.8, 4) is 22.8 Å². The molecule has 0 amide bonds. The second-order valence-electron chi connectivity index (χ2n) is 3.79. The van der Waals surface area contributed by atoms with Crippen LogP contribution < -0.4 is 15.2 Å². The summed E-state index contributed by atoms with van der Waals surface area (Å²) in [5.41, 5.74) is 8.49. The minimum atomic E-state index is 0.389. The molecule has 0 spiro atoms. The molecule has 0 bridgehead atoms. The lowest BCUT2D eigenvalue weighted by molar-refractivity contribution is 0.352. The highest BCUT2D eigenvalue weighted by Crippen LogP contribution is 2.35. The first-order chi connectivity index (χ1) is 8.80. The van der Waals surface area contributed by atoms with Crippen molar-refractivity contribution in [1.82, 2.24) is 4.98 Å². The van der Waals surface area contributed by atoms with E-state index in [2.05, 4.69) is 4.98 Å². The number of nitrogens with zero attached hydrogens (tertiary/aromatic N) is 1. The SMILES string of the molecule is COc1cc(-c2ccccn2)cc(CN)c1OC. The Hall–Kier alpha value is -2.07. The Balaban J connectivity index is 2.57. The van der Waals surface area contributed by atoms with Crippen LogP contribution in [0.4, 0.5) is 0 Å². The lowest BCUT2D eigenvalue weighted by Gasteiger charge is -2.13. The van der Waals surface area contributed by atoms with Crippen molar-refractivity contribution in [2.24, 2.45) is 5.73 Å². The Bertz CT molecular complexity index is 502. The van der Waals surface area contributed by atoms with E-state index in [0.717, 1.165) is 16.8 Å². The van der Waals surface area contributed by atoms with Crippen LogP contribution in [0.15, 0.2) is 36.5 Å². The van der Waals surface area contributed by atoms with E-state index in [-0.39, 0.29) is 0 Å². The minimum absolute atomic E-state index is 0.389. The molecule has 0 saturated carbocycles. The van der Waals surface area contributed by atoms with Gasteiger partial charge in [0, 0.05) is 23.9 Å². The average molecular weight is 244 g/mol. The highest BCUT2D eigenvalue weighted by Gasteiger charge is 2.12. The van der Waals surface area contributed by atoms with E-state index < -0.39 is 0 Å². The van der Waals surface area contributed by atoms with E-state index >= 15 is 0 Å². The molecular weight excluding hydrogens is 228 g/mol. The quantitative estimate of drug-likeness (QED) is 0.896. The van der Waals surface area contributed by atoms with E-state index in [1.54, 1.807) is 20.4 Å². The molecule has 0 fully saturated rings. The summed E-state index contributed by atoms with van der Waals surface area (Å²) in [6.45, 7) is 0.389. The van der Waals surface area contributed by atoms with Gasteiger partial charge in [-0.15, -0.1) is 0 Å². The summed E-state index contributed by atoms with van der Waals surface area (Å²) in [7, 11) is 3.22. The van der Waals surface area contributed by atoms with Crippen LogP contribution in [0.3, 0.4) is 0 Å². The molecule has 0 saturated heterocycles. The molecular formula is C14H16N2O2. The molecule has 0 aliphatic rings. The molecule has 1 heterocycles. The highest BCUT2D eigenvalue weighted by molar-refractivity contribution is 5.66. The Morgan fingerprint density at radius 1 is 1.17 bits per heavy atom. The summed E-state index contributed by atoms with van der Waals surface area (Å²) in [4.78, 5) is 4.32. The molecule has 4 nitrogen and oxygen atoms in total. The van der Waals surface area contributed by atoms with Gasteiger partial charge in [0.2, 0.25) is 0 Å². The smallest absolute Gasteiger partial charge is 0.165 e. The first-order valence-corrected chi connectivity index (χ1v) is 5.66. The third-order valence-corrected chi connectivity index (χ3v) is 2.74. The monoisotopic (exact) mass is 244 g/mol. The van der Waals surface area contributed by atoms with E-state index in [1.807, 2.05) is 30.3 Å². The van der Waals surface area contributed by atoms with Gasteiger partial charge < -0.3 is 15.2 Å². The fraction of sp³-hybridized carbons (Fsp3) is 0.214. The van der Waals surface area contributed by atoms with Crippen LogP contribution in [0.2, 0.25) is 0 Å². The van der Waals surface area contributed by atoms with Crippen LogP contribution in [0, 0.1) is 0 Å².